The van der Waals surface area contributed by atoms with Crippen LogP contribution in [0.2, 0.25) is 0 Å². The zero-order chi connectivity index (χ0) is 11.5. The summed E-state index contributed by atoms with van der Waals surface area (Å²) in [5.74, 6) is -0.841. The molecule has 3 N–H and O–H groups in total. The number of fused-ring (bicyclic) bond motifs is 1. The van der Waals surface area contributed by atoms with Crippen LogP contribution in [0.5, 0.6) is 0 Å². The Morgan fingerprint density at radius 2 is 2.25 bits per heavy atom. The number of para-hydroxylation sites is 1. The minimum absolute atomic E-state index is 0.0206. The molecule has 0 saturated carbocycles. The number of H-pyrrole nitrogens is 1. The van der Waals surface area contributed by atoms with E-state index in [1.807, 2.05) is 37.4 Å². The average molecular weight is 218 g/mol. The highest BCUT2D eigenvalue weighted by molar-refractivity contribution is 5.83. The Bertz CT molecular complexity index is 504. The van der Waals surface area contributed by atoms with Gasteiger partial charge >= 0.3 is 5.97 Å². The minimum atomic E-state index is -0.841. The fourth-order valence-corrected chi connectivity index (χ4v) is 1.80. The number of nitrogens with one attached hydrogen (secondary N) is 2. The molecule has 2 rings (SSSR count). The van der Waals surface area contributed by atoms with E-state index < -0.39 is 5.97 Å². The summed E-state index contributed by atoms with van der Waals surface area (Å²) in [5, 5.41) is 12.7. The van der Waals surface area contributed by atoms with Gasteiger partial charge in [0.15, 0.2) is 0 Å². The SMILES string of the molecule is CC(NCC(=O)O)c1c[nH]c2ccccc12. The molecule has 2 aromatic rings. The predicted molar refractivity (Wildman–Crippen MR) is 62.4 cm³/mol. The lowest BCUT2D eigenvalue weighted by molar-refractivity contribution is -0.136. The van der Waals surface area contributed by atoms with E-state index in [9.17, 15) is 4.79 Å². The van der Waals surface area contributed by atoms with Gasteiger partial charge in [0.05, 0.1) is 6.54 Å². The molecule has 0 fully saturated rings. The Morgan fingerprint density at radius 1 is 1.50 bits per heavy atom. The molecular weight excluding hydrogens is 204 g/mol. The summed E-state index contributed by atoms with van der Waals surface area (Å²) in [6.07, 6.45) is 1.92. The third-order valence-corrected chi connectivity index (χ3v) is 2.65. The van der Waals surface area contributed by atoms with Crippen LogP contribution >= 0.6 is 0 Å². The molecule has 0 aliphatic carbocycles. The smallest absolute Gasteiger partial charge is 0.317 e. The maximum Gasteiger partial charge on any atom is 0.317 e. The van der Waals surface area contributed by atoms with Gasteiger partial charge in [-0.25, -0.2) is 0 Å². The van der Waals surface area contributed by atoms with Gasteiger partial charge in [-0.2, -0.15) is 0 Å². The van der Waals surface area contributed by atoms with Gasteiger partial charge in [-0.05, 0) is 18.6 Å². The summed E-state index contributed by atoms with van der Waals surface area (Å²) in [5.41, 5.74) is 2.17. The largest absolute Gasteiger partial charge is 0.480 e. The average Bonchev–Trinajstić information content (AvgIpc) is 2.69. The highest BCUT2D eigenvalue weighted by Crippen LogP contribution is 2.23. The number of aromatic amines is 1. The normalized spacial score (nSPS) is 12.8. The Kier molecular flexibility index (Phi) is 2.92. The Morgan fingerprint density at radius 3 is 3.00 bits per heavy atom. The summed E-state index contributed by atoms with van der Waals surface area (Å²) in [6, 6.07) is 8.00. The molecule has 4 nitrogen and oxygen atoms in total. The molecule has 0 spiro atoms. The summed E-state index contributed by atoms with van der Waals surface area (Å²) in [6.45, 7) is 1.93. The van der Waals surface area contributed by atoms with Crippen molar-refractivity contribution in [3.8, 4) is 0 Å². The number of hydrogen-bond donors (Lipinski definition) is 3. The molecule has 0 bridgehead atoms. The molecule has 1 aromatic carbocycles. The summed E-state index contributed by atoms with van der Waals surface area (Å²) in [7, 11) is 0. The van der Waals surface area contributed by atoms with E-state index in [-0.39, 0.29) is 12.6 Å². The molecule has 1 aromatic heterocycles. The highest BCUT2D eigenvalue weighted by atomic mass is 16.4. The first kappa shape index (κ1) is 10.7. The molecule has 4 heteroatoms. The van der Waals surface area contributed by atoms with Gasteiger partial charge in [0.1, 0.15) is 0 Å². The Balaban J connectivity index is 2.22. The summed E-state index contributed by atoms with van der Waals surface area (Å²) in [4.78, 5) is 13.6. The van der Waals surface area contributed by atoms with E-state index in [0.29, 0.717) is 0 Å². The monoisotopic (exact) mass is 218 g/mol. The van der Waals surface area contributed by atoms with Crippen molar-refractivity contribution in [3.05, 3.63) is 36.0 Å². The van der Waals surface area contributed by atoms with Gasteiger partial charge < -0.3 is 15.4 Å². The first-order valence-corrected chi connectivity index (χ1v) is 5.19. The van der Waals surface area contributed by atoms with Gasteiger partial charge in [-0.15, -0.1) is 0 Å². The molecule has 84 valence electrons. The first-order chi connectivity index (χ1) is 7.68. The second-order valence-corrected chi connectivity index (χ2v) is 3.79. The van der Waals surface area contributed by atoms with Crippen molar-refractivity contribution >= 4 is 16.9 Å². The molecular formula is C12H14N2O2. The van der Waals surface area contributed by atoms with Crippen LogP contribution < -0.4 is 5.32 Å². The van der Waals surface area contributed by atoms with Crippen LogP contribution in [0.3, 0.4) is 0 Å². The molecule has 0 aliphatic heterocycles. The van der Waals surface area contributed by atoms with Crippen molar-refractivity contribution < 1.29 is 9.90 Å². The van der Waals surface area contributed by atoms with Crippen molar-refractivity contribution in [2.24, 2.45) is 0 Å². The van der Waals surface area contributed by atoms with E-state index in [0.717, 1.165) is 16.5 Å². The van der Waals surface area contributed by atoms with Crippen molar-refractivity contribution in [2.45, 2.75) is 13.0 Å². The number of aromatic nitrogens is 1. The quantitative estimate of drug-likeness (QED) is 0.734. The van der Waals surface area contributed by atoms with Gasteiger partial charge in [-0.3, -0.25) is 4.79 Å². The second-order valence-electron chi connectivity index (χ2n) is 3.79. The van der Waals surface area contributed by atoms with Crippen LogP contribution in [0.4, 0.5) is 0 Å². The van der Waals surface area contributed by atoms with Gasteiger partial charge in [0.25, 0.3) is 0 Å². The zero-order valence-corrected chi connectivity index (χ0v) is 9.03. The van der Waals surface area contributed by atoms with Gasteiger partial charge in [0.2, 0.25) is 0 Å². The lowest BCUT2D eigenvalue weighted by Crippen LogP contribution is -2.25. The molecule has 0 saturated heterocycles. The number of benzene rings is 1. The summed E-state index contributed by atoms with van der Waals surface area (Å²) < 4.78 is 0. The topological polar surface area (TPSA) is 65.1 Å². The van der Waals surface area contributed by atoms with E-state index >= 15 is 0 Å². The van der Waals surface area contributed by atoms with Crippen LogP contribution in [-0.2, 0) is 4.79 Å². The molecule has 0 aliphatic rings. The van der Waals surface area contributed by atoms with E-state index in [4.69, 9.17) is 5.11 Å². The van der Waals surface area contributed by atoms with Crippen molar-refractivity contribution in [1.29, 1.82) is 0 Å². The third kappa shape index (κ3) is 2.06. The number of carboxylic acid groups (broad SMARTS) is 1. The number of carbonyl (C=O) groups is 1. The van der Waals surface area contributed by atoms with Crippen LogP contribution in [0.25, 0.3) is 10.9 Å². The molecule has 1 atom stereocenters. The molecule has 16 heavy (non-hydrogen) atoms. The van der Waals surface area contributed by atoms with Gasteiger partial charge in [0, 0.05) is 23.1 Å². The highest BCUT2D eigenvalue weighted by Gasteiger charge is 2.11. The second kappa shape index (κ2) is 4.37. The standard InChI is InChI=1S/C12H14N2O2/c1-8(13-7-12(15)16)10-6-14-11-5-3-2-4-9(10)11/h2-6,8,13-14H,7H2,1H3,(H,15,16). The maximum atomic E-state index is 10.5. The van der Waals surface area contributed by atoms with Crippen LogP contribution in [0, 0.1) is 0 Å². The zero-order valence-electron chi connectivity index (χ0n) is 9.03. The first-order valence-electron chi connectivity index (χ1n) is 5.19. The number of hydrogen-bond acceptors (Lipinski definition) is 2. The van der Waals surface area contributed by atoms with Crippen LogP contribution in [-0.4, -0.2) is 22.6 Å². The van der Waals surface area contributed by atoms with E-state index in [1.54, 1.807) is 0 Å². The number of rotatable bonds is 4. The van der Waals surface area contributed by atoms with Crippen molar-refractivity contribution in [1.82, 2.24) is 10.3 Å². The minimum Gasteiger partial charge on any atom is -0.480 e. The Labute approximate surface area is 93.3 Å². The van der Waals surface area contributed by atoms with Crippen molar-refractivity contribution in [3.63, 3.8) is 0 Å². The Hall–Kier alpha value is -1.81. The third-order valence-electron chi connectivity index (χ3n) is 2.65. The molecule has 0 amide bonds. The van der Waals surface area contributed by atoms with Crippen LogP contribution in [0.15, 0.2) is 30.5 Å². The van der Waals surface area contributed by atoms with Crippen molar-refractivity contribution in [2.75, 3.05) is 6.54 Å². The van der Waals surface area contributed by atoms with Gasteiger partial charge in [-0.1, -0.05) is 18.2 Å². The predicted octanol–water partition coefficient (Wildman–Crippen LogP) is 1.90. The number of aliphatic carboxylic acids is 1. The number of carboxylic acids is 1. The van der Waals surface area contributed by atoms with Crippen LogP contribution in [0.1, 0.15) is 18.5 Å². The van der Waals surface area contributed by atoms with E-state index in [2.05, 4.69) is 10.3 Å². The van der Waals surface area contributed by atoms with E-state index in [1.165, 1.54) is 0 Å². The fourth-order valence-electron chi connectivity index (χ4n) is 1.80. The maximum absolute atomic E-state index is 10.5. The molecule has 0 radical (unpaired) electrons. The lowest BCUT2D eigenvalue weighted by Gasteiger charge is -2.10. The molecule has 1 unspecified atom stereocenters. The lowest BCUT2D eigenvalue weighted by atomic mass is 10.1. The fraction of sp³-hybridized carbons (Fsp3) is 0.250. The molecule has 1 heterocycles. The summed E-state index contributed by atoms with van der Waals surface area (Å²) >= 11 is 0.